The maximum atomic E-state index is 14.1. The van der Waals surface area contributed by atoms with Crippen LogP contribution in [0.2, 0.25) is 0 Å². The normalized spacial score (nSPS) is 14.3. The van der Waals surface area contributed by atoms with Crippen LogP contribution in [0.4, 0.5) is 17.6 Å². The summed E-state index contributed by atoms with van der Waals surface area (Å²) >= 11 is 6.25. The third kappa shape index (κ3) is 6.53. The average Bonchev–Trinajstić information content (AvgIpc) is 3.10. The first kappa shape index (κ1) is 27.2. The van der Waals surface area contributed by atoms with E-state index in [9.17, 15) is 27.5 Å². The minimum absolute atomic E-state index is 0.0810. The number of carbonyl (C=O) groups excluding carboxylic acids is 1. The molecule has 11 heteroatoms. The van der Waals surface area contributed by atoms with E-state index in [2.05, 4.69) is 6.58 Å². The summed E-state index contributed by atoms with van der Waals surface area (Å²) in [6, 6.07) is 10.8. The molecule has 0 spiro atoms. The van der Waals surface area contributed by atoms with Crippen LogP contribution in [0.25, 0.3) is 6.08 Å². The molecule has 1 aliphatic rings. The summed E-state index contributed by atoms with van der Waals surface area (Å²) in [6.07, 6.45) is 1.55. The van der Waals surface area contributed by atoms with Crippen LogP contribution in [0.3, 0.4) is 0 Å². The molecule has 5 nitrogen and oxygen atoms in total. The number of halogens is 4. The smallest absolute Gasteiger partial charge is 0.266 e. The third-order valence-electron chi connectivity index (χ3n) is 5.28. The molecule has 38 heavy (non-hydrogen) atoms. The van der Waals surface area contributed by atoms with Crippen molar-refractivity contribution in [2.45, 2.75) is 13.2 Å². The van der Waals surface area contributed by atoms with Gasteiger partial charge in [-0.1, -0.05) is 36.6 Å². The summed E-state index contributed by atoms with van der Waals surface area (Å²) in [4.78, 5) is 14.2. The lowest BCUT2D eigenvalue weighted by Gasteiger charge is -2.15. The fraction of sp³-hybridized carbons (Fsp3) is 0.111. The number of carbonyl (C=O) groups is 1. The highest BCUT2D eigenvalue weighted by Crippen LogP contribution is 2.35. The van der Waals surface area contributed by atoms with E-state index in [1.807, 2.05) is 0 Å². The molecule has 0 aromatic heterocycles. The molecule has 0 unspecified atom stereocenters. The van der Waals surface area contributed by atoms with Crippen molar-refractivity contribution in [3.05, 3.63) is 112 Å². The van der Waals surface area contributed by atoms with Gasteiger partial charge in [-0.2, -0.15) is 0 Å². The number of nitrogens with zero attached hydrogens (tertiary/aromatic N) is 1. The number of hydrogen-bond donors (Lipinski definition) is 1. The van der Waals surface area contributed by atoms with E-state index in [0.29, 0.717) is 5.56 Å². The molecule has 1 saturated heterocycles. The van der Waals surface area contributed by atoms with Gasteiger partial charge in [-0.3, -0.25) is 9.69 Å². The van der Waals surface area contributed by atoms with Crippen molar-refractivity contribution in [1.82, 2.24) is 4.90 Å². The molecule has 3 aromatic rings. The monoisotopic (exact) mass is 561 g/mol. The van der Waals surface area contributed by atoms with Gasteiger partial charge >= 0.3 is 0 Å². The van der Waals surface area contributed by atoms with Gasteiger partial charge in [0.15, 0.2) is 11.5 Å². The van der Waals surface area contributed by atoms with Crippen molar-refractivity contribution in [2.24, 2.45) is 0 Å². The van der Waals surface area contributed by atoms with Gasteiger partial charge in [0, 0.05) is 23.3 Å². The summed E-state index contributed by atoms with van der Waals surface area (Å²) in [5.41, 5.74) is 0.681. The van der Waals surface area contributed by atoms with Gasteiger partial charge in [0.25, 0.3) is 5.91 Å². The molecule has 1 fully saturated rings. The summed E-state index contributed by atoms with van der Waals surface area (Å²) in [5.74, 6) is -3.39. The van der Waals surface area contributed by atoms with Gasteiger partial charge in [-0.05, 0) is 48.0 Å². The average molecular weight is 562 g/mol. The van der Waals surface area contributed by atoms with E-state index in [1.54, 1.807) is 12.1 Å². The number of aliphatic hydroxyl groups is 1. The molecular formula is C27H19F4NO4S2. The number of hydrogen-bond acceptors (Lipinski definition) is 6. The zero-order valence-electron chi connectivity index (χ0n) is 19.5. The molecule has 0 atom stereocenters. The minimum Gasteiger partial charge on any atom is -0.511 e. The first-order chi connectivity index (χ1) is 18.1. The Morgan fingerprint density at radius 3 is 2.05 bits per heavy atom. The zero-order chi connectivity index (χ0) is 27.4. The fourth-order valence-electron chi connectivity index (χ4n) is 3.41. The van der Waals surface area contributed by atoms with E-state index in [1.165, 1.54) is 29.2 Å². The number of aliphatic hydroxyl groups excluding tert-OH is 1. The van der Waals surface area contributed by atoms with Crippen molar-refractivity contribution < 1.29 is 36.9 Å². The Bertz CT molecular complexity index is 1460. The topological polar surface area (TPSA) is 59.0 Å². The quantitative estimate of drug-likeness (QED) is 0.136. The van der Waals surface area contributed by atoms with E-state index in [0.717, 1.165) is 36.0 Å². The minimum atomic E-state index is -0.800. The number of ether oxygens (including phenoxy) is 2. The molecule has 1 heterocycles. The van der Waals surface area contributed by atoms with Crippen molar-refractivity contribution in [3.63, 3.8) is 0 Å². The molecule has 0 saturated carbocycles. The fourth-order valence-corrected chi connectivity index (χ4v) is 4.66. The molecule has 3 aromatic carbocycles. The maximum absolute atomic E-state index is 14.1. The van der Waals surface area contributed by atoms with Crippen molar-refractivity contribution in [3.8, 4) is 11.5 Å². The van der Waals surface area contributed by atoms with Gasteiger partial charge in [0.05, 0.1) is 11.4 Å². The van der Waals surface area contributed by atoms with Crippen LogP contribution < -0.4 is 9.47 Å². The summed E-state index contributed by atoms with van der Waals surface area (Å²) < 4.78 is 66.4. The van der Waals surface area contributed by atoms with Gasteiger partial charge in [-0.15, -0.1) is 0 Å². The Morgan fingerprint density at radius 1 is 0.921 bits per heavy atom. The molecule has 196 valence electrons. The van der Waals surface area contributed by atoms with Gasteiger partial charge < -0.3 is 14.6 Å². The standard InChI is InChI=1S/C27H19F4NO4S2/c1-15(33)12-32-26(34)25(38-27(32)37)9-16-2-7-23(35-13-17-3-5-19(28)10-21(17)30)24(8-16)36-14-18-4-6-20(29)11-22(18)31/h2-11,33H,1,12-14H2/b25-9-. The van der Waals surface area contributed by atoms with Crippen molar-refractivity contribution in [2.75, 3.05) is 6.54 Å². The molecule has 1 amide bonds. The van der Waals surface area contributed by atoms with Crippen molar-refractivity contribution >= 4 is 40.3 Å². The largest absolute Gasteiger partial charge is 0.511 e. The highest BCUT2D eigenvalue weighted by Gasteiger charge is 2.32. The van der Waals surface area contributed by atoms with E-state index in [-0.39, 0.29) is 57.4 Å². The second kappa shape index (κ2) is 11.7. The van der Waals surface area contributed by atoms with Gasteiger partial charge in [0.1, 0.15) is 46.6 Å². The van der Waals surface area contributed by atoms with Gasteiger partial charge in [-0.25, -0.2) is 17.6 Å². The second-order valence-electron chi connectivity index (χ2n) is 8.09. The second-order valence-corrected chi connectivity index (χ2v) is 9.76. The number of thiocarbonyl (C=S) groups is 1. The predicted molar refractivity (Wildman–Crippen MR) is 139 cm³/mol. The van der Waals surface area contributed by atoms with Crippen LogP contribution >= 0.6 is 24.0 Å². The molecule has 4 rings (SSSR count). The van der Waals surface area contributed by atoms with Crippen LogP contribution in [0.1, 0.15) is 16.7 Å². The molecule has 1 N–H and O–H groups in total. The van der Waals surface area contributed by atoms with E-state index >= 15 is 0 Å². The number of benzene rings is 3. The van der Waals surface area contributed by atoms with Crippen LogP contribution in [0, 0.1) is 23.3 Å². The Labute approximate surface area is 225 Å². The lowest BCUT2D eigenvalue weighted by atomic mass is 10.1. The molecule has 0 radical (unpaired) electrons. The Balaban J connectivity index is 1.61. The SMILES string of the molecule is C=C(O)CN1C(=O)/C(=C/c2ccc(OCc3ccc(F)cc3F)c(OCc3ccc(F)cc3F)c2)SC1=S. The molecule has 0 aliphatic carbocycles. The number of rotatable bonds is 9. The maximum Gasteiger partial charge on any atom is 0.266 e. The van der Waals surface area contributed by atoms with Crippen LogP contribution in [-0.4, -0.2) is 26.8 Å². The van der Waals surface area contributed by atoms with E-state index < -0.39 is 29.2 Å². The molecule has 0 bridgehead atoms. The number of thioether (sulfide) groups is 1. The summed E-state index contributed by atoms with van der Waals surface area (Å²) in [7, 11) is 0. The Morgan fingerprint density at radius 2 is 1.50 bits per heavy atom. The van der Waals surface area contributed by atoms with Gasteiger partial charge in [0.2, 0.25) is 0 Å². The van der Waals surface area contributed by atoms with E-state index in [4.69, 9.17) is 21.7 Å². The first-order valence-corrected chi connectivity index (χ1v) is 12.2. The predicted octanol–water partition coefficient (Wildman–Crippen LogP) is 6.67. The molecular weight excluding hydrogens is 542 g/mol. The highest BCUT2D eigenvalue weighted by molar-refractivity contribution is 8.26. The Hall–Kier alpha value is -3.83. The highest BCUT2D eigenvalue weighted by atomic mass is 32.2. The van der Waals surface area contributed by atoms with Crippen LogP contribution in [-0.2, 0) is 18.0 Å². The van der Waals surface area contributed by atoms with Crippen LogP contribution in [0.5, 0.6) is 11.5 Å². The lowest BCUT2D eigenvalue weighted by Crippen LogP contribution is -2.29. The summed E-state index contributed by atoms with van der Waals surface area (Å²) in [6.45, 7) is 2.71. The third-order valence-corrected chi connectivity index (χ3v) is 6.65. The number of amides is 1. The zero-order valence-corrected chi connectivity index (χ0v) is 21.2. The van der Waals surface area contributed by atoms with Crippen LogP contribution in [0.15, 0.2) is 71.8 Å². The Kier molecular flexibility index (Phi) is 8.38. The molecule has 1 aliphatic heterocycles. The summed E-state index contributed by atoms with van der Waals surface area (Å²) in [5, 5.41) is 9.45. The first-order valence-electron chi connectivity index (χ1n) is 11.0. The lowest BCUT2D eigenvalue weighted by molar-refractivity contribution is -0.122. The van der Waals surface area contributed by atoms with Crippen molar-refractivity contribution in [1.29, 1.82) is 0 Å².